The molecule has 2 N–H and O–H groups in total. The zero-order chi connectivity index (χ0) is 26.0. The molecule has 0 atom stereocenters. The number of rotatable bonds is 13. The highest BCUT2D eigenvalue weighted by atomic mass is 32.2. The quantitative estimate of drug-likeness (QED) is 0.324. The van der Waals surface area contributed by atoms with Crippen molar-refractivity contribution >= 4 is 22.1 Å². The molecular formula is C27H30N2O6S. The van der Waals surface area contributed by atoms with Gasteiger partial charge in [0.1, 0.15) is 0 Å². The van der Waals surface area contributed by atoms with Gasteiger partial charge in [0.25, 0.3) is 0 Å². The minimum absolute atomic E-state index is 0.111. The van der Waals surface area contributed by atoms with E-state index in [0.29, 0.717) is 30.8 Å². The molecule has 9 heteroatoms. The summed E-state index contributed by atoms with van der Waals surface area (Å²) in [5, 5.41) is 8.67. The topological polar surface area (TPSA) is 115 Å². The van der Waals surface area contributed by atoms with E-state index in [0.717, 1.165) is 22.4 Å². The van der Waals surface area contributed by atoms with Crippen LogP contribution in [0.15, 0.2) is 71.8 Å². The normalized spacial score (nSPS) is 11.5. The summed E-state index contributed by atoms with van der Waals surface area (Å²) in [6, 6.07) is 16.2. The van der Waals surface area contributed by atoms with Crippen LogP contribution in [0.1, 0.15) is 30.4 Å². The molecule has 0 spiro atoms. The maximum atomic E-state index is 12.6. The van der Waals surface area contributed by atoms with Crippen LogP contribution in [0.5, 0.6) is 11.5 Å². The number of benzene rings is 2. The van der Waals surface area contributed by atoms with Crippen molar-refractivity contribution in [1.82, 2.24) is 9.71 Å². The maximum absolute atomic E-state index is 12.6. The van der Waals surface area contributed by atoms with Gasteiger partial charge in [-0.3, -0.25) is 9.78 Å². The number of hydrogen-bond donors (Lipinski definition) is 2. The first kappa shape index (κ1) is 26.9. The van der Waals surface area contributed by atoms with Gasteiger partial charge in [0, 0.05) is 30.8 Å². The molecule has 1 aromatic heterocycles. The van der Waals surface area contributed by atoms with E-state index in [4.69, 9.17) is 14.6 Å². The molecule has 1 heterocycles. The molecule has 190 valence electrons. The van der Waals surface area contributed by atoms with Gasteiger partial charge in [-0.25, -0.2) is 13.1 Å². The summed E-state index contributed by atoms with van der Waals surface area (Å²) in [6.45, 7) is 0.252. The molecule has 0 aliphatic carbocycles. The number of carbonyl (C=O) groups is 1. The second-order valence-corrected chi connectivity index (χ2v) is 9.79. The van der Waals surface area contributed by atoms with Crippen LogP contribution >= 0.6 is 0 Å². The Kier molecular flexibility index (Phi) is 9.61. The number of aliphatic carboxylic acids is 1. The van der Waals surface area contributed by atoms with Crippen LogP contribution in [0.25, 0.3) is 17.3 Å². The minimum atomic E-state index is -3.68. The molecule has 0 saturated heterocycles. The van der Waals surface area contributed by atoms with Crippen LogP contribution in [0.3, 0.4) is 0 Å². The average Bonchev–Trinajstić information content (AvgIpc) is 2.88. The monoisotopic (exact) mass is 510 g/mol. The summed E-state index contributed by atoms with van der Waals surface area (Å²) in [5.74, 6) is 0.0332. The Bertz CT molecular complexity index is 1290. The number of pyridine rings is 1. The molecule has 0 bridgehead atoms. The number of hydrogen-bond acceptors (Lipinski definition) is 6. The van der Waals surface area contributed by atoms with Crippen molar-refractivity contribution in [2.24, 2.45) is 0 Å². The average molecular weight is 511 g/mol. The Balaban J connectivity index is 1.53. The van der Waals surface area contributed by atoms with Gasteiger partial charge in [-0.1, -0.05) is 42.5 Å². The van der Waals surface area contributed by atoms with Gasteiger partial charge in [0.2, 0.25) is 10.0 Å². The summed E-state index contributed by atoms with van der Waals surface area (Å²) in [6.07, 6.45) is 7.69. The van der Waals surface area contributed by atoms with Crippen molar-refractivity contribution in [3.63, 3.8) is 0 Å². The van der Waals surface area contributed by atoms with Crippen molar-refractivity contribution in [3.05, 3.63) is 78.0 Å². The minimum Gasteiger partial charge on any atom is -0.493 e. The zero-order valence-corrected chi connectivity index (χ0v) is 21.1. The van der Waals surface area contributed by atoms with Crippen LogP contribution in [0.2, 0.25) is 0 Å². The lowest BCUT2D eigenvalue weighted by molar-refractivity contribution is -0.137. The highest BCUT2D eigenvalue weighted by Crippen LogP contribution is 2.29. The molecule has 3 rings (SSSR count). The fourth-order valence-electron chi connectivity index (χ4n) is 3.50. The Hall–Kier alpha value is -3.69. The number of carboxylic acids is 1. The molecule has 0 aliphatic rings. The third kappa shape index (κ3) is 7.66. The number of nitrogens with zero attached hydrogens (tertiary/aromatic N) is 1. The molecule has 0 radical (unpaired) electrons. The molecule has 3 aromatic rings. The van der Waals surface area contributed by atoms with Crippen LogP contribution in [-0.4, -0.2) is 45.2 Å². The Morgan fingerprint density at radius 1 is 1.03 bits per heavy atom. The largest absolute Gasteiger partial charge is 0.493 e. The van der Waals surface area contributed by atoms with Gasteiger partial charge in [-0.15, -0.1) is 0 Å². The molecule has 0 aliphatic heterocycles. The molecule has 0 saturated carbocycles. The third-order valence-electron chi connectivity index (χ3n) is 5.48. The highest BCUT2D eigenvalue weighted by Gasteiger charge is 2.16. The van der Waals surface area contributed by atoms with Crippen molar-refractivity contribution in [1.29, 1.82) is 0 Å². The van der Waals surface area contributed by atoms with E-state index in [9.17, 15) is 13.2 Å². The number of aromatic nitrogens is 1. The number of sulfonamides is 1. The van der Waals surface area contributed by atoms with Gasteiger partial charge in [-0.05, 0) is 48.6 Å². The van der Waals surface area contributed by atoms with Gasteiger partial charge in [0.15, 0.2) is 11.5 Å². The SMILES string of the molecule is COc1ccc(S(=O)(=O)NCCc2ccc(-c3ccc(C=CCCCC(=O)O)cn3)cc2)cc1OC. The first-order chi connectivity index (χ1) is 17.3. The lowest BCUT2D eigenvalue weighted by Crippen LogP contribution is -2.26. The lowest BCUT2D eigenvalue weighted by Gasteiger charge is -2.11. The molecule has 2 aromatic carbocycles. The van der Waals surface area contributed by atoms with Gasteiger partial charge in [-0.2, -0.15) is 0 Å². The van der Waals surface area contributed by atoms with E-state index in [1.54, 1.807) is 12.3 Å². The number of nitrogens with one attached hydrogen (secondary N) is 1. The molecule has 0 unspecified atom stereocenters. The smallest absolute Gasteiger partial charge is 0.303 e. The van der Waals surface area contributed by atoms with Crippen molar-refractivity contribution in [3.8, 4) is 22.8 Å². The Labute approximate surface area is 211 Å². The van der Waals surface area contributed by atoms with E-state index in [1.165, 1.54) is 26.4 Å². The lowest BCUT2D eigenvalue weighted by atomic mass is 10.1. The van der Waals surface area contributed by atoms with Crippen LogP contribution in [0.4, 0.5) is 0 Å². The fraction of sp³-hybridized carbons (Fsp3) is 0.259. The standard InChI is InChI=1S/C27H30N2O6S/c1-34-25-15-13-23(18-26(25)35-2)36(32,33)29-17-16-20-8-11-22(12-9-20)24-14-10-21(19-28-24)6-4-3-5-7-27(30)31/h4,6,8-15,18-19,29H,3,5,7,16-17H2,1-2H3,(H,30,31). The predicted octanol–water partition coefficient (Wildman–Crippen LogP) is 4.55. The van der Waals surface area contributed by atoms with E-state index in [-0.39, 0.29) is 17.9 Å². The number of ether oxygens (including phenoxy) is 2. The summed E-state index contributed by atoms with van der Waals surface area (Å²) in [4.78, 5) is 15.2. The molecule has 0 amide bonds. The Morgan fingerprint density at radius 3 is 2.42 bits per heavy atom. The van der Waals surface area contributed by atoms with Gasteiger partial charge >= 0.3 is 5.97 Å². The maximum Gasteiger partial charge on any atom is 0.303 e. The number of methoxy groups -OCH3 is 2. The van der Waals surface area contributed by atoms with Crippen LogP contribution < -0.4 is 14.2 Å². The number of allylic oxidation sites excluding steroid dienone is 1. The van der Waals surface area contributed by atoms with E-state index in [1.807, 2.05) is 48.6 Å². The number of unbranched alkanes of at least 4 members (excludes halogenated alkanes) is 1. The molecular weight excluding hydrogens is 480 g/mol. The summed E-state index contributed by atoms with van der Waals surface area (Å²) < 4.78 is 38.2. The Morgan fingerprint density at radius 2 is 1.78 bits per heavy atom. The second kappa shape index (κ2) is 12.9. The fourth-order valence-corrected chi connectivity index (χ4v) is 4.55. The molecule has 8 nitrogen and oxygen atoms in total. The van der Waals surface area contributed by atoms with Gasteiger partial charge in [0.05, 0.1) is 24.8 Å². The van der Waals surface area contributed by atoms with E-state index >= 15 is 0 Å². The van der Waals surface area contributed by atoms with Crippen molar-refractivity contribution in [2.45, 2.75) is 30.6 Å². The first-order valence-electron chi connectivity index (χ1n) is 11.5. The highest BCUT2D eigenvalue weighted by molar-refractivity contribution is 7.89. The number of carboxylic acid groups (broad SMARTS) is 1. The summed E-state index contributed by atoms with van der Waals surface area (Å²) >= 11 is 0. The van der Waals surface area contributed by atoms with Crippen molar-refractivity contribution < 1.29 is 27.8 Å². The first-order valence-corrected chi connectivity index (χ1v) is 13.0. The summed E-state index contributed by atoms with van der Waals surface area (Å²) in [7, 11) is -0.733. The van der Waals surface area contributed by atoms with E-state index in [2.05, 4.69) is 9.71 Å². The predicted molar refractivity (Wildman–Crippen MR) is 139 cm³/mol. The van der Waals surface area contributed by atoms with E-state index < -0.39 is 16.0 Å². The van der Waals surface area contributed by atoms with Crippen molar-refractivity contribution in [2.75, 3.05) is 20.8 Å². The molecule has 36 heavy (non-hydrogen) atoms. The third-order valence-corrected chi connectivity index (χ3v) is 6.94. The zero-order valence-electron chi connectivity index (χ0n) is 20.3. The second-order valence-electron chi connectivity index (χ2n) is 8.03. The van der Waals surface area contributed by atoms with Crippen LogP contribution in [-0.2, 0) is 21.2 Å². The summed E-state index contributed by atoms with van der Waals surface area (Å²) in [5.41, 5.74) is 3.74. The van der Waals surface area contributed by atoms with Gasteiger partial charge < -0.3 is 14.6 Å². The molecule has 0 fully saturated rings. The van der Waals surface area contributed by atoms with Crippen LogP contribution in [0, 0.1) is 0 Å².